The summed E-state index contributed by atoms with van der Waals surface area (Å²) in [7, 11) is 0. The van der Waals surface area contributed by atoms with Gasteiger partial charge in [-0.1, -0.05) is 19.3 Å². The monoisotopic (exact) mass is 272 g/mol. The van der Waals surface area contributed by atoms with E-state index in [2.05, 4.69) is 4.98 Å². The molecule has 2 N–H and O–H groups in total. The summed E-state index contributed by atoms with van der Waals surface area (Å²) in [6.07, 6.45) is 3.05. The van der Waals surface area contributed by atoms with Gasteiger partial charge in [0.2, 0.25) is 0 Å². The van der Waals surface area contributed by atoms with E-state index in [0.29, 0.717) is 12.1 Å². The minimum Gasteiger partial charge on any atom is -0.330 e. The van der Waals surface area contributed by atoms with E-state index in [1.54, 1.807) is 0 Å². The first kappa shape index (κ1) is 14.3. The van der Waals surface area contributed by atoms with Crippen LogP contribution in [-0.2, 0) is 6.18 Å². The largest absolute Gasteiger partial charge is 0.416 e. The van der Waals surface area contributed by atoms with Gasteiger partial charge in [-0.25, -0.2) is 0 Å². The Morgan fingerprint density at radius 1 is 1.21 bits per heavy atom. The molecular weight excluding hydrogens is 253 g/mol. The number of halogens is 3. The Labute approximate surface area is 111 Å². The molecule has 1 aliphatic carbocycles. The van der Waals surface area contributed by atoms with Crippen molar-refractivity contribution in [1.29, 1.82) is 0 Å². The molecule has 5 heteroatoms. The molecule has 2 unspecified atom stereocenters. The number of nitrogens with two attached hydrogens (primary N) is 1. The van der Waals surface area contributed by atoms with E-state index in [1.165, 1.54) is 12.4 Å². The van der Waals surface area contributed by atoms with Crippen LogP contribution in [0.5, 0.6) is 0 Å². The molecule has 0 aromatic carbocycles. The van der Waals surface area contributed by atoms with E-state index in [4.69, 9.17) is 5.73 Å². The summed E-state index contributed by atoms with van der Waals surface area (Å²) in [5, 5.41) is 0. The Kier molecular flexibility index (Phi) is 4.45. The van der Waals surface area contributed by atoms with Crippen LogP contribution >= 0.6 is 0 Å². The zero-order valence-corrected chi connectivity index (χ0v) is 10.8. The van der Waals surface area contributed by atoms with Crippen molar-refractivity contribution in [1.82, 2.24) is 4.98 Å². The van der Waals surface area contributed by atoms with E-state index >= 15 is 0 Å². The van der Waals surface area contributed by atoms with Crippen LogP contribution in [0.1, 0.15) is 49.1 Å². The highest BCUT2D eigenvalue weighted by molar-refractivity contribution is 5.30. The van der Waals surface area contributed by atoms with Crippen LogP contribution in [0.4, 0.5) is 13.2 Å². The predicted molar refractivity (Wildman–Crippen MR) is 67.6 cm³/mol. The van der Waals surface area contributed by atoms with E-state index in [1.807, 2.05) is 0 Å². The Balaban J connectivity index is 2.38. The molecule has 0 radical (unpaired) electrons. The zero-order valence-electron chi connectivity index (χ0n) is 10.8. The Hall–Kier alpha value is -1.10. The number of rotatable bonds is 2. The molecule has 1 saturated carbocycles. The standard InChI is InChI=1S/C14H19F3N2/c15-14(16,17)13-6-7-19-9-12(13)11-5-3-1-2-4-10(11)8-18/h6-7,9-11H,1-5,8,18H2. The van der Waals surface area contributed by atoms with Gasteiger partial charge >= 0.3 is 6.18 Å². The molecule has 1 aliphatic rings. The highest BCUT2D eigenvalue weighted by Crippen LogP contribution is 2.41. The molecule has 0 spiro atoms. The van der Waals surface area contributed by atoms with Gasteiger partial charge in [0, 0.05) is 12.4 Å². The number of nitrogens with zero attached hydrogens (tertiary/aromatic N) is 1. The van der Waals surface area contributed by atoms with Crippen molar-refractivity contribution in [3.63, 3.8) is 0 Å². The fourth-order valence-corrected chi connectivity index (χ4v) is 3.04. The topological polar surface area (TPSA) is 38.9 Å². The fourth-order valence-electron chi connectivity index (χ4n) is 3.04. The molecular formula is C14H19F3N2. The van der Waals surface area contributed by atoms with Crippen molar-refractivity contribution >= 4 is 0 Å². The molecule has 2 rings (SSSR count). The lowest BCUT2D eigenvalue weighted by molar-refractivity contribution is -0.138. The summed E-state index contributed by atoms with van der Waals surface area (Å²) < 4.78 is 39.2. The molecule has 106 valence electrons. The molecule has 1 aromatic rings. The molecule has 0 aliphatic heterocycles. The third-order valence-corrected chi connectivity index (χ3v) is 4.02. The minimum absolute atomic E-state index is 0.113. The lowest BCUT2D eigenvalue weighted by Gasteiger charge is -2.26. The van der Waals surface area contributed by atoms with Crippen molar-refractivity contribution in [3.05, 3.63) is 29.6 Å². The van der Waals surface area contributed by atoms with Gasteiger partial charge in [-0.05, 0) is 42.9 Å². The van der Waals surface area contributed by atoms with Gasteiger partial charge in [0.05, 0.1) is 5.56 Å². The number of hydrogen-bond acceptors (Lipinski definition) is 2. The van der Waals surface area contributed by atoms with Gasteiger partial charge in [0.1, 0.15) is 0 Å². The fraction of sp³-hybridized carbons (Fsp3) is 0.643. The lowest BCUT2D eigenvalue weighted by Crippen LogP contribution is -2.23. The van der Waals surface area contributed by atoms with Gasteiger partial charge in [-0.3, -0.25) is 4.98 Å². The summed E-state index contributed by atoms with van der Waals surface area (Å²) in [5.74, 6) is 0.0191. The maximum absolute atomic E-state index is 13.1. The highest BCUT2D eigenvalue weighted by atomic mass is 19.4. The number of hydrogen-bond donors (Lipinski definition) is 1. The van der Waals surface area contributed by atoms with E-state index in [0.717, 1.165) is 38.2 Å². The van der Waals surface area contributed by atoms with E-state index < -0.39 is 11.7 Å². The van der Waals surface area contributed by atoms with E-state index in [-0.39, 0.29) is 11.8 Å². The molecule has 0 saturated heterocycles. The molecule has 2 nitrogen and oxygen atoms in total. The van der Waals surface area contributed by atoms with Gasteiger partial charge in [-0.2, -0.15) is 13.2 Å². The number of pyridine rings is 1. The summed E-state index contributed by atoms with van der Waals surface area (Å²) >= 11 is 0. The van der Waals surface area contributed by atoms with Gasteiger partial charge < -0.3 is 5.73 Å². The summed E-state index contributed by atoms with van der Waals surface area (Å²) in [5.41, 5.74) is 5.54. The average molecular weight is 272 g/mol. The van der Waals surface area contributed by atoms with Crippen LogP contribution in [0.25, 0.3) is 0 Å². The van der Waals surface area contributed by atoms with Crippen molar-refractivity contribution in [2.45, 2.75) is 44.2 Å². The number of aromatic nitrogens is 1. The second kappa shape index (κ2) is 5.90. The molecule has 2 atom stereocenters. The molecule has 0 amide bonds. The van der Waals surface area contributed by atoms with Gasteiger partial charge in [-0.15, -0.1) is 0 Å². The molecule has 0 bridgehead atoms. The SMILES string of the molecule is NCC1CCCCCC1c1cnccc1C(F)(F)F. The normalized spacial score (nSPS) is 25.1. The Morgan fingerprint density at radius 2 is 1.95 bits per heavy atom. The Bertz CT molecular complexity index is 417. The van der Waals surface area contributed by atoms with Crippen molar-refractivity contribution < 1.29 is 13.2 Å². The molecule has 1 fully saturated rings. The van der Waals surface area contributed by atoms with Gasteiger partial charge in [0.15, 0.2) is 0 Å². The second-order valence-electron chi connectivity index (χ2n) is 5.20. The number of alkyl halides is 3. The zero-order chi connectivity index (χ0) is 13.9. The maximum atomic E-state index is 13.1. The molecule has 1 aromatic heterocycles. The predicted octanol–water partition coefficient (Wildman–Crippen LogP) is 3.72. The summed E-state index contributed by atoms with van der Waals surface area (Å²) in [6.45, 7) is 0.441. The van der Waals surface area contributed by atoms with Crippen LogP contribution in [0.2, 0.25) is 0 Å². The summed E-state index contributed by atoms with van der Waals surface area (Å²) in [6, 6.07) is 1.08. The average Bonchev–Trinajstić information content (AvgIpc) is 2.62. The highest BCUT2D eigenvalue weighted by Gasteiger charge is 2.37. The van der Waals surface area contributed by atoms with Crippen LogP contribution in [-0.4, -0.2) is 11.5 Å². The summed E-state index contributed by atoms with van der Waals surface area (Å²) in [4.78, 5) is 3.89. The quantitative estimate of drug-likeness (QED) is 0.833. The van der Waals surface area contributed by atoms with Crippen LogP contribution in [0.3, 0.4) is 0 Å². The van der Waals surface area contributed by atoms with Crippen LogP contribution in [0.15, 0.2) is 18.5 Å². The van der Waals surface area contributed by atoms with E-state index in [9.17, 15) is 13.2 Å². The Morgan fingerprint density at radius 3 is 2.63 bits per heavy atom. The first-order valence-electron chi connectivity index (χ1n) is 6.75. The smallest absolute Gasteiger partial charge is 0.330 e. The lowest BCUT2D eigenvalue weighted by atomic mass is 9.81. The van der Waals surface area contributed by atoms with Crippen LogP contribution in [0, 0.1) is 5.92 Å². The van der Waals surface area contributed by atoms with Crippen molar-refractivity contribution in [2.24, 2.45) is 11.7 Å². The van der Waals surface area contributed by atoms with Crippen molar-refractivity contribution in [2.75, 3.05) is 6.54 Å². The third kappa shape index (κ3) is 3.26. The first-order chi connectivity index (χ1) is 9.04. The minimum atomic E-state index is -4.32. The van der Waals surface area contributed by atoms with Crippen molar-refractivity contribution in [3.8, 4) is 0 Å². The third-order valence-electron chi connectivity index (χ3n) is 4.02. The molecule has 19 heavy (non-hydrogen) atoms. The second-order valence-corrected chi connectivity index (χ2v) is 5.20. The maximum Gasteiger partial charge on any atom is 0.416 e. The molecule has 1 heterocycles. The van der Waals surface area contributed by atoms with Crippen LogP contribution < -0.4 is 5.73 Å². The van der Waals surface area contributed by atoms with Gasteiger partial charge in [0.25, 0.3) is 0 Å². The first-order valence-corrected chi connectivity index (χ1v) is 6.75.